The number of thioether (sulfide) groups is 1. The standard InChI is InChI=1S/C11H14BrNS/c1-3-8-6-13-11-9(12)4-7(2)5-10(11)14-8/h4-5,8,13H,3,6H2,1-2H3. The number of benzene rings is 1. The summed E-state index contributed by atoms with van der Waals surface area (Å²) in [6.45, 7) is 5.46. The molecule has 0 amide bonds. The van der Waals surface area contributed by atoms with E-state index in [1.54, 1.807) is 0 Å². The van der Waals surface area contributed by atoms with Gasteiger partial charge in [0, 0.05) is 21.2 Å². The van der Waals surface area contributed by atoms with Crippen LogP contribution in [-0.2, 0) is 0 Å². The molecule has 0 aromatic heterocycles. The van der Waals surface area contributed by atoms with E-state index in [0.717, 1.165) is 11.8 Å². The first-order chi connectivity index (χ1) is 6.70. The summed E-state index contributed by atoms with van der Waals surface area (Å²) in [5.74, 6) is 0. The van der Waals surface area contributed by atoms with E-state index in [2.05, 4.69) is 47.2 Å². The van der Waals surface area contributed by atoms with Crippen LogP contribution < -0.4 is 5.32 Å². The van der Waals surface area contributed by atoms with Gasteiger partial charge >= 0.3 is 0 Å². The van der Waals surface area contributed by atoms with Gasteiger partial charge < -0.3 is 5.32 Å². The second-order valence-corrected chi connectivity index (χ2v) is 5.85. The molecule has 1 heterocycles. The minimum absolute atomic E-state index is 0.719. The summed E-state index contributed by atoms with van der Waals surface area (Å²) in [5, 5.41) is 4.21. The maximum absolute atomic E-state index is 3.60. The Kier molecular flexibility index (Phi) is 3.07. The van der Waals surface area contributed by atoms with Gasteiger partial charge in [-0.2, -0.15) is 0 Å². The average Bonchev–Trinajstić information content (AvgIpc) is 2.16. The van der Waals surface area contributed by atoms with Crippen molar-refractivity contribution in [1.29, 1.82) is 0 Å². The van der Waals surface area contributed by atoms with Gasteiger partial charge in [0.05, 0.1) is 5.69 Å². The molecule has 0 radical (unpaired) electrons. The number of aryl methyl sites for hydroxylation is 1. The highest BCUT2D eigenvalue weighted by Gasteiger charge is 2.19. The maximum Gasteiger partial charge on any atom is 0.0623 e. The van der Waals surface area contributed by atoms with Gasteiger partial charge in [-0.1, -0.05) is 6.92 Å². The Morgan fingerprint density at radius 3 is 3.07 bits per heavy atom. The molecule has 1 aromatic rings. The van der Waals surface area contributed by atoms with E-state index in [0.29, 0.717) is 0 Å². The highest BCUT2D eigenvalue weighted by atomic mass is 79.9. The van der Waals surface area contributed by atoms with Gasteiger partial charge in [-0.25, -0.2) is 0 Å². The van der Waals surface area contributed by atoms with E-state index < -0.39 is 0 Å². The lowest BCUT2D eigenvalue weighted by molar-refractivity contribution is 0.841. The van der Waals surface area contributed by atoms with Crippen molar-refractivity contribution in [2.75, 3.05) is 11.9 Å². The van der Waals surface area contributed by atoms with Crippen LogP contribution in [0.2, 0.25) is 0 Å². The van der Waals surface area contributed by atoms with Crippen LogP contribution in [0, 0.1) is 6.92 Å². The number of hydrogen-bond acceptors (Lipinski definition) is 2. The summed E-state index contributed by atoms with van der Waals surface area (Å²) in [6, 6.07) is 4.43. The van der Waals surface area contributed by atoms with E-state index in [9.17, 15) is 0 Å². The van der Waals surface area contributed by atoms with Crippen molar-refractivity contribution in [1.82, 2.24) is 0 Å². The SMILES string of the molecule is CCC1CNc2c(Br)cc(C)cc2S1. The summed E-state index contributed by atoms with van der Waals surface area (Å²) >= 11 is 5.59. The topological polar surface area (TPSA) is 12.0 Å². The summed E-state index contributed by atoms with van der Waals surface area (Å²) in [6.07, 6.45) is 1.22. The molecule has 0 fully saturated rings. The first kappa shape index (κ1) is 10.4. The normalized spacial score (nSPS) is 20.1. The minimum Gasteiger partial charge on any atom is -0.382 e. The number of halogens is 1. The molecule has 14 heavy (non-hydrogen) atoms. The van der Waals surface area contributed by atoms with Crippen molar-refractivity contribution in [3.8, 4) is 0 Å². The van der Waals surface area contributed by atoms with E-state index in [4.69, 9.17) is 0 Å². The van der Waals surface area contributed by atoms with Crippen LogP contribution >= 0.6 is 27.7 Å². The predicted molar refractivity (Wildman–Crippen MR) is 67.3 cm³/mol. The third-order valence-corrected chi connectivity index (χ3v) is 4.49. The second kappa shape index (κ2) is 4.15. The Labute approximate surface area is 97.8 Å². The van der Waals surface area contributed by atoms with E-state index in [-0.39, 0.29) is 0 Å². The van der Waals surface area contributed by atoms with Gasteiger partial charge in [0.1, 0.15) is 0 Å². The van der Waals surface area contributed by atoms with Gasteiger partial charge in [-0.3, -0.25) is 0 Å². The van der Waals surface area contributed by atoms with Crippen LogP contribution in [0.4, 0.5) is 5.69 Å². The lowest BCUT2D eigenvalue weighted by atomic mass is 10.2. The van der Waals surface area contributed by atoms with Crippen LogP contribution in [-0.4, -0.2) is 11.8 Å². The molecule has 76 valence electrons. The number of rotatable bonds is 1. The average molecular weight is 272 g/mol. The molecule has 1 aromatic carbocycles. The molecule has 3 heteroatoms. The molecule has 1 unspecified atom stereocenters. The van der Waals surface area contributed by atoms with Crippen LogP contribution in [0.5, 0.6) is 0 Å². The Bertz CT molecular complexity index is 351. The Morgan fingerprint density at radius 1 is 1.57 bits per heavy atom. The van der Waals surface area contributed by atoms with E-state index >= 15 is 0 Å². The third-order valence-electron chi connectivity index (χ3n) is 2.45. The fourth-order valence-electron chi connectivity index (χ4n) is 1.64. The maximum atomic E-state index is 3.60. The first-order valence-electron chi connectivity index (χ1n) is 4.91. The predicted octanol–water partition coefficient (Wildman–Crippen LogP) is 4.05. The summed E-state index contributed by atoms with van der Waals surface area (Å²) in [5.41, 5.74) is 2.59. The highest BCUT2D eigenvalue weighted by molar-refractivity contribution is 9.10. The van der Waals surface area contributed by atoms with Crippen LogP contribution in [0.3, 0.4) is 0 Å². The molecule has 1 atom stereocenters. The third kappa shape index (κ3) is 1.94. The largest absolute Gasteiger partial charge is 0.382 e. The lowest BCUT2D eigenvalue weighted by Gasteiger charge is -2.26. The van der Waals surface area contributed by atoms with Gasteiger partial charge in [0.25, 0.3) is 0 Å². The molecule has 2 rings (SSSR count). The van der Waals surface area contributed by atoms with Crippen LogP contribution in [0.25, 0.3) is 0 Å². The molecular formula is C11H14BrNS. The Hall–Kier alpha value is -0.150. The van der Waals surface area contributed by atoms with Crippen molar-refractivity contribution in [2.24, 2.45) is 0 Å². The number of anilines is 1. The fourth-order valence-corrected chi connectivity index (χ4v) is 3.73. The van der Waals surface area contributed by atoms with Crippen molar-refractivity contribution in [3.05, 3.63) is 22.2 Å². The molecule has 0 bridgehead atoms. The molecule has 1 N–H and O–H groups in total. The lowest BCUT2D eigenvalue weighted by Crippen LogP contribution is -2.20. The van der Waals surface area contributed by atoms with Crippen molar-refractivity contribution in [3.63, 3.8) is 0 Å². The summed E-state index contributed by atoms with van der Waals surface area (Å²) in [4.78, 5) is 1.38. The molecule has 1 aliphatic heterocycles. The van der Waals surface area contributed by atoms with E-state index in [1.165, 1.54) is 27.0 Å². The zero-order valence-electron chi connectivity index (χ0n) is 8.43. The van der Waals surface area contributed by atoms with Gasteiger partial charge in [-0.15, -0.1) is 11.8 Å². The van der Waals surface area contributed by atoms with Gasteiger partial charge in [0.15, 0.2) is 0 Å². The zero-order valence-corrected chi connectivity index (χ0v) is 10.8. The van der Waals surface area contributed by atoms with E-state index in [1.807, 2.05) is 11.8 Å². The monoisotopic (exact) mass is 271 g/mol. The summed E-state index contributed by atoms with van der Waals surface area (Å²) in [7, 11) is 0. The van der Waals surface area contributed by atoms with Crippen molar-refractivity contribution in [2.45, 2.75) is 30.4 Å². The van der Waals surface area contributed by atoms with Crippen molar-refractivity contribution < 1.29 is 0 Å². The van der Waals surface area contributed by atoms with Crippen LogP contribution in [0.15, 0.2) is 21.5 Å². The zero-order chi connectivity index (χ0) is 10.1. The molecule has 0 saturated heterocycles. The minimum atomic E-state index is 0.719. The molecule has 1 nitrogen and oxygen atoms in total. The summed E-state index contributed by atoms with van der Waals surface area (Å²) < 4.78 is 1.19. The molecule has 1 aliphatic rings. The number of nitrogens with one attached hydrogen (secondary N) is 1. The molecular weight excluding hydrogens is 258 g/mol. The first-order valence-corrected chi connectivity index (χ1v) is 6.58. The quantitative estimate of drug-likeness (QED) is 0.827. The smallest absolute Gasteiger partial charge is 0.0623 e. The molecule has 0 aliphatic carbocycles. The van der Waals surface area contributed by atoms with Gasteiger partial charge in [-0.05, 0) is 47.0 Å². The number of fused-ring (bicyclic) bond motifs is 1. The molecule has 0 spiro atoms. The highest BCUT2D eigenvalue weighted by Crippen LogP contribution is 2.41. The van der Waals surface area contributed by atoms with Crippen molar-refractivity contribution >= 4 is 33.4 Å². The van der Waals surface area contributed by atoms with Crippen LogP contribution in [0.1, 0.15) is 18.9 Å². The second-order valence-electron chi connectivity index (χ2n) is 3.65. The Balaban J connectivity index is 2.37. The van der Waals surface area contributed by atoms with Gasteiger partial charge in [0.2, 0.25) is 0 Å². The Morgan fingerprint density at radius 2 is 2.36 bits per heavy atom. The molecule has 0 saturated carbocycles. The fraction of sp³-hybridized carbons (Fsp3) is 0.455. The number of hydrogen-bond donors (Lipinski definition) is 1.